The average Bonchev–Trinajstić information content (AvgIpc) is 2.48. The van der Waals surface area contributed by atoms with Gasteiger partial charge in [-0.3, -0.25) is 4.90 Å². The van der Waals surface area contributed by atoms with Crippen LogP contribution in [0.3, 0.4) is 0 Å². The summed E-state index contributed by atoms with van der Waals surface area (Å²) in [7, 11) is 0. The molecule has 2 aliphatic heterocycles. The van der Waals surface area contributed by atoms with Crippen LogP contribution in [0.25, 0.3) is 0 Å². The molecule has 2 heterocycles. The van der Waals surface area contributed by atoms with Crippen molar-refractivity contribution in [3.05, 3.63) is 58.6 Å². The minimum atomic E-state index is -0.685. The number of fused-ring (bicyclic) bond motifs is 4. The van der Waals surface area contributed by atoms with Gasteiger partial charge in [0.2, 0.25) is 0 Å². The summed E-state index contributed by atoms with van der Waals surface area (Å²) >= 11 is 3.42. The van der Waals surface area contributed by atoms with Crippen LogP contribution in [0.5, 0.6) is 5.75 Å². The lowest BCUT2D eigenvalue weighted by Gasteiger charge is -2.50. The van der Waals surface area contributed by atoms with E-state index in [-0.39, 0.29) is 12.1 Å². The molecule has 22 heavy (non-hydrogen) atoms. The van der Waals surface area contributed by atoms with Gasteiger partial charge in [0.1, 0.15) is 5.75 Å². The van der Waals surface area contributed by atoms with E-state index < -0.39 is 5.72 Å². The first-order valence-electron chi connectivity index (χ1n) is 7.21. The van der Waals surface area contributed by atoms with E-state index in [1.165, 1.54) is 0 Å². The summed E-state index contributed by atoms with van der Waals surface area (Å²) in [4.78, 5) is 14.3. The molecule has 0 saturated carbocycles. The largest absolute Gasteiger partial charge is 0.467 e. The number of amides is 2. The lowest BCUT2D eigenvalue weighted by molar-refractivity contribution is 0.0379. The van der Waals surface area contributed by atoms with Crippen LogP contribution in [-0.4, -0.2) is 11.8 Å². The number of hydrogen-bond acceptors (Lipinski definition) is 2. The molecule has 2 amide bonds. The van der Waals surface area contributed by atoms with Gasteiger partial charge < -0.3 is 10.1 Å². The molecule has 1 saturated heterocycles. The maximum absolute atomic E-state index is 12.6. The predicted molar refractivity (Wildman–Crippen MR) is 88.0 cm³/mol. The molecule has 112 valence electrons. The Hall–Kier alpha value is -2.01. The van der Waals surface area contributed by atoms with Crippen molar-refractivity contribution < 1.29 is 9.53 Å². The molecule has 2 aromatic carbocycles. The van der Waals surface area contributed by atoms with Gasteiger partial charge in [0.05, 0.1) is 6.04 Å². The molecule has 0 radical (unpaired) electrons. The van der Waals surface area contributed by atoms with Crippen LogP contribution >= 0.6 is 15.9 Å². The van der Waals surface area contributed by atoms with Crippen molar-refractivity contribution in [1.29, 1.82) is 0 Å². The monoisotopic (exact) mass is 358 g/mol. The number of nitrogens with one attached hydrogen (secondary N) is 1. The molecule has 0 aromatic heterocycles. The van der Waals surface area contributed by atoms with Gasteiger partial charge in [-0.1, -0.05) is 34.1 Å². The van der Waals surface area contributed by atoms with Crippen LogP contribution in [-0.2, 0) is 0 Å². The highest BCUT2D eigenvalue weighted by Crippen LogP contribution is 2.45. The SMILES string of the molecule is C[C@@]12C[C@H](NC(=O)N1c1ccc(Br)cc1)c1ccccc1O2. The molecule has 0 spiro atoms. The van der Waals surface area contributed by atoms with Crippen LogP contribution < -0.4 is 15.0 Å². The fourth-order valence-electron chi connectivity index (χ4n) is 3.30. The van der Waals surface area contributed by atoms with E-state index in [0.29, 0.717) is 6.42 Å². The number of hydrogen-bond donors (Lipinski definition) is 1. The van der Waals surface area contributed by atoms with Crippen LogP contribution in [0, 0.1) is 0 Å². The van der Waals surface area contributed by atoms with E-state index in [4.69, 9.17) is 4.74 Å². The number of halogens is 1. The quantitative estimate of drug-likeness (QED) is 0.829. The Morgan fingerprint density at radius 2 is 1.95 bits per heavy atom. The average molecular weight is 359 g/mol. The maximum Gasteiger partial charge on any atom is 0.325 e. The highest BCUT2D eigenvalue weighted by molar-refractivity contribution is 9.10. The standard InChI is InChI=1S/C17H15BrN2O2/c1-17-10-14(13-4-2-3-5-15(13)22-17)19-16(21)20(17)12-8-6-11(18)7-9-12/h2-9,14H,10H2,1H3,(H,19,21)/t14-,17+/m0/s1. The van der Waals surface area contributed by atoms with Crippen LogP contribution in [0.15, 0.2) is 53.0 Å². The first-order chi connectivity index (χ1) is 10.6. The number of nitrogens with zero attached hydrogens (tertiary/aromatic N) is 1. The third-order valence-electron chi connectivity index (χ3n) is 4.27. The maximum atomic E-state index is 12.6. The van der Waals surface area contributed by atoms with Gasteiger partial charge in [0.25, 0.3) is 0 Å². The van der Waals surface area contributed by atoms with Crippen molar-refractivity contribution in [2.75, 3.05) is 4.90 Å². The highest BCUT2D eigenvalue weighted by Gasteiger charge is 2.49. The highest BCUT2D eigenvalue weighted by atomic mass is 79.9. The normalized spacial score (nSPS) is 26.0. The van der Waals surface area contributed by atoms with Gasteiger partial charge in [-0.2, -0.15) is 0 Å². The second-order valence-electron chi connectivity index (χ2n) is 5.83. The predicted octanol–water partition coefficient (Wildman–Crippen LogP) is 4.22. The second kappa shape index (κ2) is 4.74. The van der Waals surface area contributed by atoms with Crippen LogP contribution in [0.2, 0.25) is 0 Å². The molecule has 2 aliphatic rings. The summed E-state index contributed by atoms with van der Waals surface area (Å²) in [6.07, 6.45) is 0.714. The Balaban J connectivity index is 1.80. The minimum absolute atomic E-state index is 0.00542. The van der Waals surface area contributed by atoms with E-state index >= 15 is 0 Å². The number of ether oxygens (including phenoxy) is 1. The molecule has 2 aromatic rings. The number of para-hydroxylation sites is 1. The number of carbonyl (C=O) groups is 1. The zero-order valence-corrected chi connectivity index (χ0v) is 13.6. The van der Waals surface area contributed by atoms with E-state index in [1.54, 1.807) is 4.90 Å². The van der Waals surface area contributed by atoms with Crippen molar-refractivity contribution in [2.24, 2.45) is 0 Å². The lowest BCUT2D eigenvalue weighted by atomic mass is 9.90. The van der Waals surface area contributed by atoms with Crippen molar-refractivity contribution in [2.45, 2.75) is 25.1 Å². The molecule has 4 rings (SSSR count). The summed E-state index contributed by atoms with van der Waals surface area (Å²) in [6, 6.07) is 15.4. The van der Waals surface area contributed by atoms with Crippen molar-refractivity contribution in [1.82, 2.24) is 5.32 Å². The Morgan fingerprint density at radius 3 is 2.73 bits per heavy atom. The second-order valence-corrected chi connectivity index (χ2v) is 6.75. The molecule has 2 bridgehead atoms. The molecular weight excluding hydrogens is 344 g/mol. The van der Waals surface area contributed by atoms with E-state index in [0.717, 1.165) is 21.5 Å². The Bertz CT molecular complexity index is 747. The molecular formula is C17H15BrN2O2. The van der Waals surface area contributed by atoms with Crippen molar-refractivity contribution in [3.63, 3.8) is 0 Å². The summed E-state index contributed by atoms with van der Waals surface area (Å²) < 4.78 is 7.19. The first kappa shape index (κ1) is 13.6. The third kappa shape index (κ3) is 2.00. The minimum Gasteiger partial charge on any atom is -0.467 e. The smallest absolute Gasteiger partial charge is 0.325 e. The molecule has 1 fully saturated rings. The third-order valence-corrected chi connectivity index (χ3v) is 4.79. The van der Waals surface area contributed by atoms with Crippen LogP contribution in [0.1, 0.15) is 24.9 Å². The van der Waals surface area contributed by atoms with Crippen molar-refractivity contribution in [3.8, 4) is 5.75 Å². The van der Waals surface area contributed by atoms with Gasteiger partial charge >= 0.3 is 6.03 Å². The fourth-order valence-corrected chi connectivity index (χ4v) is 3.57. The summed E-state index contributed by atoms with van der Waals surface area (Å²) in [5.41, 5.74) is 1.18. The number of benzene rings is 2. The summed E-state index contributed by atoms with van der Waals surface area (Å²) in [5, 5.41) is 3.09. The zero-order valence-electron chi connectivity index (χ0n) is 12.0. The zero-order chi connectivity index (χ0) is 15.3. The first-order valence-corrected chi connectivity index (χ1v) is 8.00. The van der Waals surface area contributed by atoms with Gasteiger partial charge in [-0.05, 0) is 37.3 Å². The van der Waals surface area contributed by atoms with E-state index in [2.05, 4.69) is 21.2 Å². The fraction of sp³-hybridized carbons (Fsp3) is 0.235. The molecule has 2 atom stereocenters. The Kier molecular flexibility index (Phi) is 2.94. The number of carbonyl (C=O) groups excluding carboxylic acids is 1. The number of anilines is 1. The van der Waals surface area contributed by atoms with E-state index in [9.17, 15) is 4.79 Å². The summed E-state index contributed by atoms with van der Waals surface area (Å²) in [6.45, 7) is 1.97. The molecule has 0 aliphatic carbocycles. The van der Waals surface area contributed by atoms with Gasteiger partial charge in [0, 0.05) is 22.1 Å². The van der Waals surface area contributed by atoms with E-state index in [1.807, 2.05) is 55.5 Å². The van der Waals surface area contributed by atoms with Crippen molar-refractivity contribution >= 4 is 27.6 Å². The Labute approximate surface area is 137 Å². The molecule has 1 N–H and O–H groups in total. The molecule has 0 unspecified atom stereocenters. The topological polar surface area (TPSA) is 41.6 Å². The number of rotatable bonds is 1. The Morgan fingerprint density at radius 1 is 1.23 bits per heavy atom. The van der Waals surface area contributed by atoms with Gasteiger partial charge in [-0.15, -0.1) is 0 Å². The number of urea groups is 1. The van der Waals surface area contributed by atoms with Crippen LogP contribution in [0.4, 0.5) is 10.5 Å². The molecule has 4 nitrogen and oxygen atoms in total. The van der Waals surface area contributed by atoms with Gasteiger partial charge in [0.15, 0.2) is 5.72 Å². The molecule has 5 heteroatoms. The lowest BCUT2D eigenvalue weighted by Crippen LogP contribution is -2.65. The van der Waals surface area contributed by atoms with Gasteiger partial charge in [-0.25, -0.2) is 4.79 Å². The summed E-state index contributed by atoms with van der Waals surface area (Å²) in [5.74, 6) is 0.836.